The molecule has 1 heterocycles. The molecule has 3 N–H and O–H groups in total. The second-order valence-corrected chi connectivity index (χ2v) is 11.0. The molecule has 1 aliphatic rings. The van der Waals surface area contributed by atoms with Crippen molar-refractivity contribution >= 4 is 57.9 Å². The van der Waals surface area contributed by atoms with E-state index in [1.165, 1.54) is 0 Å². The topological polar surface area (TPSA) is 85.9 Å². The number of urea groups is 1. The first kappa shape index (κ1) is 30.1. The van der Waals surface area contributed by atoms with E-state index >= 15 is 0 Å². The van der Waals surface area contributed by atoms with Gasteiger partial charge in [-0.15, -0.1) is 0 Å². The number of ether oxygens (including phenoxy) is 1. The lowest BCUT2D eigenvalue weighted by Crippen LogP contribution is -2.47. The van der Waals surface area contributed by atoms with Gasteiger partial charge < -0.3 is 30.5 Å². The van der Waals surface area contributed by atoms with Crippen molar-refractivity contribution in [2.45, 2.75) is 13.0 Å². The molecule has 1 aliphatic heterocycles. The Hall–Kier alpha value is -4.40. The molecule has 0 saturated carbocycles. The van der Waals surface area contributed by atoms with Crippen molar-refractivity contribution < 1.29 is 14.3 Å². The summed E-state index contributed by atoms with van der Waals surface area (Å²) in [6, 6.07) is 27.3. The molecule has 3 amide bonds. The Morgan fingerprint density at radius 2 is 1.40 bits per heavy atom. The first-order valence-electron chi connectivity index (χ1n) is 14.0. The van der Waals surface area contributed by atoms with Crippen LogP contribution in [0.15, 0.2) is 91.0 Å². The number of rotatable bonds is 8. The third-order valence-corrected chi connectivity index (χ3v) is 8.02. The number of halogens is 2. The second-order valence-electron chi connectivity index (χ2n) is 10.2. The van der Waals surface area contributed by atoms with E-state index in [1.54, 1.807) is 37.4 Å². The first-order chi connectivity index (χ1) is 20.8. The first-order valence-corrected chi connectivity index (χ1v) is 14.7. The molecule has 0 aliphatic carbocycles. The lowest BCUT2D eigenvalue weighted by atomic mass is 10.1. The van der Waals surface area contributed by atoms with Gasteiger partial charge in [0, 0.05) is 37.6 Å². The number of benzene rings is 4. The number of carbonyl (C=O) groups is 2. The lowest BCUT2D eigenvalue weighted by molar-refractivity contribution is 0.0940. The summed E-state index contributed by atoms with van der Waals surface area (Å²) >= 11 is 12.4. The molecule has 0 bridgehead atoms. The van der Waals surface area contributed by atoms with Crippen LogP contribution in [-0.4, -0.2) is 45.2 Å². The zero-order chi connectivity index (χ0) is 30.3. The van der Waals surface area contributed by atoms with Crippen LogP contribution in [0.3, 0.4) is 0 Å². The highest BCUT2D eigenvalue weighted by molar-refractivity contribution is 6.39. The van der Waals surface area contributed by atoms with Gasteiger partial charge >= 0.3 is 6.03 Å². The molecule has 1 fully saturated rings. The molecule has 1 atom stereocenters. The van der Waals surface area contributed by atoms with E-state index in [0.29, 0.717) is 40.1 Å². The van der Waals surface area contributed by atoms with Crippen LogP contribution in [-0.2, 0) is 0 Å². The van der Waals surface area contributed by atoms with Crippen molar-refractivity contribution in [1.82, 2.24) is 5.32 Å². The number of nitrogens with zero attached hydrogens (tertiary/aromatic N) is 2. The highest BCUT2D eigenvalue weighted by Crippen LogP contribution is 2.32. The number of carbonyl (C=O) groups excluding carboxylic acids is 2. The average Bonchev–Trinajstić information content (AvgIpc) is 3.03. The van der Waals surface area contributed by atoms with Crippen LogP contribution >= 0.6 is 23.2 Å². The Balaban J connectivity index is 1.37. The molecule has 4 aromatic carbocycles. The van der Waals surface area contributed by atoms with Crippen LogP contribution in [0.2, 0.25) is 10.0 Å². The number of amides is 3. The zero-order valence-electron chi connectivity index (χ0n) is 23.9. The Morgan fingerprint density at radius 3 is 2.07 bits per heavy atom. The molecule has 5 rings (SSSR count). The highest BCUT2D eigenvalue weighted by atomic mass is 35.5. The van der Waals surface area contributed by atoms with Crippen molar-refractivity contribution in [3.63, 3.8) is 0 Å². The molecule has 0 aromatic heterocycles. The van der Waals surface area contributed by atoms with E-state index in [-0.39, 0.29) is 11.9 Å². The summed E-state index contributed by atoms with van der Waals surface area (Å²) in [5, 5.41) is 9.27. The van der Waals surface area contributed by atoms with Gasteiger partial charge in [0.05, 0.1) is 40.1 Å². The van der Waals surface area contributed by atoms with Crippen LogP contribution in [0, 0.1) is 0 Å². The number of hydrogen-bond acceptors (Lipinski definition) is 5. The maximum absolute atomic E-state index is 13.8. The maximum Gasteiger partial charge on any atom is 0.323 e. The van der Waals surface area contributed by atoms with Crippen molar-refractivity contribution in [2.75, 3.05) is 53.7 Å². The van der Waals surface area contributed by atoms with E-state index < -0.39 is 6.03 Å². The predicted octanol–water partition coefficient (Wildman–Crippen LogP) is 7.46. The van der Waals surface area contributed by atoms with Crippen molar-refractivity contribution in [2.24, 2.45) is 0 Å². The number of para-hydroxylation sites is 3. The molecular weight excluding hydrogens is 585 g/mol. The van der Waals surface area contributed by atoms with Gasteiger partial charge in [0.1, 0.15) is 5.75 Å². The molecule has 1 saturated heterocycles. The van der Waals surface area contributed by atoms with Crippen LogP contribution in [0.25, 0.3) is 0 Å². The van der Waals surface area contributed by atoms with Crippen molar-refractivity contribution in [3.8, 4) is 5.75 Å². The summed E-state index contributed by atoms with van der Waals surface area (Å²) in [5.74, 6) is 0.592. The minimum absolute atomic E-state index is 0.216. The molecular formula is C33H33Cl2N5O3. The predicted molar refractivity (Wildman–Crippen MR) is 175 cm³/mol. The summed E-state index contributed by atoms with van der Waals surface area (Å²) < 4.78 is 5.57. The van der Waals surface area contributed by atoms with E-state index in [0.717, 1.165) is 35.8 Å². The van der Waals surface area contributed by atoms with Crippen LogP contribution in [0.4, 0.5) is 27.5 Å². The molecule has 8 nitrogen and oxygen atoms in total. The highest BCUT2D eigenvalue weighted by Gasteiger charge is 2.25. The lowest BCUT2D eigenvalue weighted by Gasteiger charge is -2.38. The molecule has 1 unspecified atom stereocenters. The number of nitrogens with one attached hydrogen (secondary N) is 3. The zero-order valence-corrected chi connectivity index (χ0v) is 25.5. The fourth-order valence-corrected chi connectivity index (χ4v) is 5.64. The number of methoxy groups -OCH3 is 1. The van der Waals surface area contributed by atoms with Gasteiger partial charge in [-0.25, -0.2) is 4.79 Å². The van der Waals surface area contributed by atoms with E-state index in [9.17, 15) is 9.59 Å². The van der Waals surface area contributed by atoms with E-state index in [2.05, 4.69) is 31.8 Å². The van der Waals surface area contributed by atoms with Gasteiger partial charge in [-0.2, -0.15) is 0 Å². The number of anilines is 4. The Bertz CT molecular complexity index is 1570. The fourth-order valence-electron chi connectivity index (χ4n) is 5.14. The monoisotopic (exact) mass is 617 g/mol. The quantitative estimate of drug-likeness (QED) is 0.191. The smallest absolute Gasteiger partial charge is 0.323 e. The Kier molecular flexibility index (Phi) is 9.59. The van der Waals surface area contributed by atoms with Gasteiger partial charge in [-0.05, 0) is 55.0 Å². The second kappa shape index (κ2) is 13.7. The van der Waals surface area contributed by atoms with E-state index in [4.69, 9.17) is 27.9 Å². The third kappa shape index (κ3) is 7.16. The van der Waals surface area contributed by atoms with Crippen molar-refractivity contribution in [1.29, 1.82) is 0 Å². The number of piperazine rings is 1. The third-order valence-electron chi connectivity index (χ3n) is 7.39. The Labute approximate surface area is 261 Å². The molecule has 4 aromatic rings. The largest absolute Gasteiger partial charge is 0.495 e. The standard InChI is InChI=1S/C33H33Cl2N5O3/c1-22(23-9-4-3-5-10-23)36-32(41)25-21-24(37-33(42)38-31-26(34)11-8-12-27(31)35)15-16-28(25)39-17-19-40(20-18-39)29-13-6-7-14-30(29)43-2/h3-16,21-22H,17-20H2,1-2H3,(H,36,41)(H2,37,38,42). The fraction of sp³-hybridized carbons (Fsp3) is 0.212. The molecule has 43 heavy (non-hydrogen) atoms. The van der Waals surface area contributed by atoms with Crippen LogP contribution < -0.4 is 30.5 Å². The minimum Gasteiger partial charge on any atom is -0.495 e. The van der Waals surface area contributed by atoms with Gasteiger partial charge in [-0.3, -0.25) is 4.79 Å². The summed E-state index contributed by atoms with van der Waals surface area (Å²) in [6.07, 6.45) is 0. The Morgan fingerprint density at radius 1 is 0.767 bits per heavy atom. The average molecular weight is 619 g/mol. The van der Waals surface area contributed by atoms with Crippen LogP contribution in [0.1, 0.15) is 28.9 Å². The van der Waals surface area contributed by atoms with E-state index in [1.807, 2.05) is 61.5 Å². The molecule has 222 valence electrons. The van der Waals surface area contributed by atoms with Gasteiger partial charge in [-0.1, -0.05) is 71.7 Å². The number of hydrogen-bond donors (Lipinski definition) is 3. The summed E-state index contributed by atoms with van der Waals surface area (Å²) in [6.45, 7) is 4.85. The minimum atomic E-state index is -0.530. The normalized spacial score (nSPS) is 13.7. The summed E-state index contributed by atoms with van der Waals surface area (Å²) in [4.78, 5) is 31.1. The molecule has 0 radical (unpaired) electrons. The SMILES string of the molecule is COc1ccccc1N1CCN(c2ccc(NC(=O)Nc3c(Cl)cccc3Cl)cc2C(=O)NC(C)c2ccccc2)CC1. The maximum atomic E-state index is 13.8. The summed E-state index contributed by atoms with van der Waals surface area (Å²) in [5.41, 5.74) is 4.05. The molecule has 0 spiro atoms. The summed E-state index contributed by atoms with van der Waals surface area (Å²) in [7, 11) is 1.68. The molecule has 10 heteroatoms. The van der Waals surface area contributed by atoms with Crippen LogP contribution in [0.5, 0.6) is 5.75 Å². The van der Waals surface area contributed by atoms with Gasteiger partial charge in [0.25, 0.3) is 5.91 Å². The van der Waals surface area contributed by atoms with Gasteiger partial charge in [0.15, 0.2) is 0 Å². The van der Waals surface area contributed by atoms with Gasteiger partial charge in [0.2, 0.25) is 0 Å². The van der Waals surface area contributed by atoms with Crippen molar-refractivity contribution in [3.05, 3.63) is 112 Å².